The normalized spacial score (nSPS) is 28.1. The molecule has 0 bridgehead atoms. The number of carbonyl (C=O) groups excluding carboxylic acids is 1. The fraction of sp³-hybridized carbons (Fsp3) is 0.750. The van der Waals surface area contributed by atoms with Crippen LogP contribution in [0.2, 0.25) is 0 Å². The van der Waals surface area contributed by atoms with Crippen LogP contribution < -0.4 is 5.32 Å². The van der Waals surface area contributed by atoms with Gasteiger partial charge in [-0.15, -0.1) is 6.42 Å². The highest BCUT2D eigenvalue weighted by Crippen LogP contribution is 2.32. The Bertz CT molecular complexity index is 306. The Morgan fingerprint density at radius 3 is 2.81 bits per heavy atom. The van der Waals surface area contributed by atoms with Crippen LogP contribution in [0.25, 0.3) is 0 Å². The zero-order valence-electron chi connectivity index (χ0n) is 10.1. The molecule has 4 heteroatoms. The first kappa shape index (κ1) is 13.0. The molecule has 90 valence electrons. The van der Waals surface area contributed by atoms with Crippen LogP contribution >= 0.6 is 0 Å². The monoisotopic (exact) mass is 225 g/mol. The van der Waals surface area contributed by atoms with Crippen LogP contribution in [0.4, 0.5) is 0 Å². The summed E-state index contributed by atoms with van der Waals surface area (Å²) >= 11 is 0. The van der Waals surface area contributed by atoms with Crippen molar-refractivity contribution in [2.24, 2.45) is 0 Å². The van der Waals surface area contributed by atoms with Gasteiger partial charge in [-0.3, -0.25) is 10.1 Å². The molecule has 1 aliphatic heterocycles. The molecule has 0 aromatic carbocycles. The molecule has 0 aliphatic carbocycles. The number of terminal acetylenes is 1. The maximum Gasteiger partial charge on any atom is 0.326 e. The lowest BCUT2D eigenvalue weighted by Gasteiger charge is -2.43. The van der Waals surface area contributed by atoms with E-state index in [-0.39, 0.29) is 11.6 Å². The fourth-order valence-corrected chi connectivity index (χ4v) is 2.18. The summed E-state index contributed by atoms with van der Waals surface area (Å²) in [5.74, 6) is 2.22. The molecule has 1 rings (SSSR count). The first-order valence-corrected chi connectivity index (χ1v) is 5.37. The first-order valence-electron chi connectivity index (χ1n) is 5.37. The molecule has 4 nitrogen and oxygen atoms in total. The summed E-state index contributed by atoms with van der Waals surface area (Å²) in [6, 6.07) is 0. The molecule has 16 heavy (non-hydrogen) atoms. The first-order chi connectivity index (χ1) is 7.46. The van der Waals surface area contributed by atoms with Gasteiger partial charge in [-0.25, -0.2) is 0 Å². The van der Waals surface area contributed by atoms with Crippen LogP contribution in [0.15, 0.2) is 0 Å². The molecule has 1 saturated heterocycles. The number of ether oxygens (including phenoxy) is 2. The second kappa shape index (κ2) is 4.86. The largest absolute Gasteiger partial charge is 0.468 e. The van der Waals surface area contributed by atoms with E-state index in [1.165, 1.54) is 7.11 Å². The Balaban J connectivity index is 2.86. The van der Waals surface area contributed by atoms with E-state index in [4.69, 9.17) is 15.9 Å². The molecule has 0 aromatic heterocycles. The van der Waals surface area contributed by atoms with Crippen LogP contribution in [0, 0.1) is 12.3 Å². The molecule has 1 aliphatic rings. The van der Waals surface area contributed by atoms with E-state index in [0.717, 1.165) is 0 Å². The van der Waals surface area contributed by atoms with Crippen molar-refractivity contribution in [1.29, 1.82) is 0 Å². The van der Waals surface area contributed by atoms with Crippen molar-refractivity contribution in [2.45, 2.75) is 37.8 Å². The average Bonchev–Trinajstić information content (AvgIpc) is 2.24. The Morgan fingerprint density at radius 1 is 1.62 bits per heavy atom. The quantitative estimate of drug-likeness (QED) is 0.567. The van der Waals surface area contributed by atoms with Crippen molar-refractivity contribution in [1.82, 2.24) is 5.32 Å². The minimum absolute atomic E-state index is 0.265. The topological polar surface area (TPSA) is 47.6 Å². The molecule has 0 spiro atoms. The minimum atomic E-state index is -0.705. The summed E-state index contributed by atoms with van der Waals surface area (Å²) in [6.45, 7) is 4.80. The van der Waals surface area contributed by atoms with E-state index in [1.54, 1.807) is 0 Å². The molecule has 1 fully saturated rings. The number of nitrogens with one attached hydrogen (secondary N) is 1. The van der Waals surface area contributed by atoms with Gasteiger partial charge >= 0.3 is 5.97 Å². The summed E-state index contributed by atoms with van der Waals surface area (Å²) < 4.78 is 10.5. The number of esters is 1. The Labute approximate surface area is 96.7 Å². The van der Waals surface area contributed by atoms with Crippen LogP contribution in [0.5, 0.6) is 0 Å². The Morgan fingerprint density at radius 2 is 2.31 bits per heavy atom. The number of hydrogen-bond acceptors (Lipinski definition) is 4. The zero-order chi connectivity index (χ0) is 12.2. The third-order valence-corrected chi connectivity index (χ3v) is 2.85. The molecular formula is C12H19NO3. The lowest BCUT2D eigenvalue weighted by molar-refractivity contribution is -0.161. The van der Waals surface area contributed by atoms with Crippen molar-refractivity contribution in [3.05, 3.63) is 0 Å². The van der Waals surface area contributed by atoms with Crippen LogP contribution in [-0.2, 0) is 14.3 Å². The van der Waals surface area contributed by atoms with Gasteiger partial charge in [-0.05, 0) is 20.3 Å². The van der Waals surface area contributed by atoms with Crippen molar-refractivity contribution >= 4 is 5.97 Å². The van der Waals surface area contributed by atoms with Crippen molar-refractivity contribution in [2.75, 3.05) is 20.3 Å². The lowest BCUT2D eigenvalue weighted by atomic mass is 9.81. The number of rotatable bonds is 3. The highest BCUT2D eigenvalue weighted by atomic mass is 16.5. The van der Waals surface area contributed by atoms with Gasteiger partial charge in [0.25, 0.3) is 0 Å². The zero-order valence-corrected chi connectivity index (χ0v) is 10.1. The average molecular weight is 225 g/mol. The molecule has 0 radical (unpaired) electrons. The summed E-state index contributed by atoms with van der Waals surface area (Å²) in [5, 5.41) is 3.10. The van der Waals surface area contributed by atoms with Gasteiger partial charge < -0.3 is 9.47 Å². The van der Waals surface area contributed by atoms with Gasteiger partial charge in [0.1, 0.15) is 5.54 Å². The molecule has 1 heterocycles. The van der Waals surface area contributed by atoms with Crippen molar-refractivity contribution in [3.8, 4) is 12.3 Å². The summed E-state index contributed by atoms with van der Waals surface area (Å²) in [7, 11) is 1.39. The lowest BCUT2D eigenvalue weighted by Crippen LogP contribution is -2.60. The molecule has 1 N–H and O–H groups in total. The van der Waals surface area contributed by atoms with Gasteiger partial charge in [0.05, 0.1) is 19.3 Å². The van der Waals surface area contributed by atoms with Crippen molar-refractivity contribution in [3.63, 3.8) is 0 Å². The third-order valence-electron chi connectivity index (χ3n) is 2.85. The molecule has 0 amide bonds. The second-order valence-electron chi connectivity index (χ2n) is 4.67. The molecule has 1 atom stereocenters. The standard InChI is InChI=1S/C12H19NO3/c1-5-7-13-12(10(14)15-4)6-8-16-11(2,3)9-12/h1,13H,6-9H2,2-4H3. The smallest absolute Gasteiger partial charge is 0.326 e. The summed E-state index contributed by atoms with van der Waals surface area (Å²) in [6.07, 6.45) is 6.37. The van der Waals surface area contributed by atoms with Gasteiger partial charge in [0.2, 0.25) is 0 Å². The maximum absolute atomic E-state index is 11.9. The third kappa shape index (κ3) is 2.75. The van der Waals surface area contributed by atoms with E-state index >= 15 is 0 Å². The van der Waals surface area contributed by atoms with Crippen molar-refractivity contribution < 1.29 is 14.3 Å². The van der Waals surface area contributed by atoms with Gasteiger partial charge in [0.15, 0.2) is 0 Å². The predicted octanol–water partition coefficient (Wildman–Crippen LogP) is 0.710. The van der Waals surface area contributed by atoms with Crippen LogP contribution in [0.1, 0.15) is 26.7 Å². The Kier molecular flexibility index (Phi) is 3.95. The highest BCUT2D eigenvalue weighted by molar-refractivity contribution is 5.81. The van der Waals surface area contributed by atoms with E-state index in [9.17, 15) is 4.79 Å². The van der Waals surface area contributed by atoms with Crippen LogP contribution in [0.3, 0.4) is 0 Å². The number of hydrogen-bond donors (Lipinski definition) is 1. The molecule has 0 saturated carbocycles. The van der Waals surface area contributed by atoms with E-state index in [1.807, 2.05) is 13.8 Å². The van der Waals surface area contributed by atoms with Gasteiger partial charge in [0, 0.05) is 13.0 Å². The fourth-order valence-electron chi connectivity index (χ4n) is 2.18. The molecule has 0 aromatic rings. The Hall–Kier alpha value is -1.05. The van der Waals surface area contributed by atoms with Gasteiger partial charge in [-0.2, -0.15) is 0 Å². The second-order valence-corrected chi connectivity index (χ2v) is 4.67. The number of methoxy groups -OCH3 is 1. The van der Waals surface area contributed by atoms with Gasteiger partial charge in [-0.1, -0.05) is 5.92 Å². The van der Waals surface area contributed by atoms with E-state index in [2.05, 4.69) is 11.2 Å². The van der Waals surface area contributed by atoms with E-state index < -0.39 is 5.54 Å². The minimum Gasteiger partial charge on any atom is -0.468 e. The molecular weight excluding hydrogens is 206 g/mol. The maximum atomic E-state index is 11.9. The van der Waals surface area contributed by atoms with Crippen LogP contribution in [-0.4, -0.2) is 37.4 Å². The highest BCUT2D eigenvalue weighted by Gasteiger charge is 2.46. The van der Waals surface area contributed by atoms with E-state index in [0.29, 0.717) is 26.0 Å². The SMILES string of the molecule is C#CCNC1(C(=O)OC)CCOC(C)(C)C1. The predicted molar refractivity (Wildman–Crippen MR) is 60.8 cm³/mol. The summed E-state index contributed by atoms with van der Waals surface area (Å²) in [4.78, 5) is 11.9. The number of carbonyl (C=O) groups is 1. The molecule has 1 unspecified atom stereocenters. The summed E-state index contributed by atoms with van der Waals surface area (Å²) in [5.41, 5.74) is -1.04.